The minimum Gasteiger partial charge on any atom is -0.478 e. The predicted octanol–water partition coefficient (Wildman–Crippen LogP) is 0.468. The number of aromatic carboxylic acids is 1. The van der Waals surface area contributed by atoms with Crippen LogP contribution in [0.3, 0.4) is 0 Å². The highest BCUT2D eigenvalue weighted by Crippen LogP contribution is 2.33. The van der Waals surface area contributed by atoms with Gasteiger partial charge in [-0.15, -0.1) is 0 Å². The molecule has 1 aromatic carbocycles. The maximum atomic E-state index is 12.0. The number of benzene rings is 1. The summed E-state index contributed by atoms with van der Waals surface area (Å²) in [6.45, 7) is 0. The highest BCUT2D eigenvalue weighted by atomic mass is 16.5. The molecule has 102 valence electrons. The van der Waals surface area contributed by atoms with E-state index in [1.807, 2.05) is 0 Å². The summed E-state index contributed by atoms with van der Waals surface area (Å²) in [5.74, 6) is -0.493. The zero-order chi connectivity index (χ0) is 14.4. The number of nitrogens with one attached hydrogen (secondary N) is 1. The Morgan fingerprint density at radius 2 is 2.15 bits per heavy atom. The number of ether oxygens (including phenoxy) is 1. The number of carbonyl (C=O) groups is 1. The van der Waals surface area contributed by atoms with Crippen molar-refractivity contribution in [2.75, 3.05) is 0 Å². The van der Waals surface area contributed by atoms with E-state index in [1.54, 1.807) is 0 Å². The molecule has 7 heteroatoms. The third-order valence-electron chi connectivity index (χ3n) is 3.25. The van der Waals surface area contributed by atoms with Gasteiger partial charge in [0, 0.05) is 19.0 Å². The second-order valence-electron chi connectivity index (χ2n) is 4.51. The highest BCUT2D eigenvalue weighted by Gasteiger charge is 2.23. The van der Waals surface area contributed by atoms with Crippen LogP contribution >= 0.6 is 0 Å². The highest BCUT2D eigenvalue weighted by molar-refractivity contribution is 5.88. The minimum absolute atomic E-state index is 0.119. The first-order valence-electron chi connectivity index (χ1n) is 5.83. The van der Waals surface area contributed by atoms with Crippen LogP contribution < -0.4 is 16.0 Å². The maximum absolute atomic E-state index is 12.0. The Labute approximate surface area is 112 Å². The van der Waals surface area contributed by atoms with Gasteiger partial charge in [0.05, 0.1) is 11.1 Å². The monoisotopic (exact) mass is 274 g/mol. The van der Waals surface area contributed by atoms with E-state index < -0.39 is 17.2 Å². The third kappa shape index (κ3) is 1.71. The van der Waals surface area contributed by atoms with Crippen molar-refractivity contribution < 1.29 is 14.6 Å². The van der Waals surface area contributed by atoms with Crippen LogP contribution in [0, 0.1) is 0 Å². The van der Waals surface area contributed by atoms with Crippen molar-refractivity contribution in [1.82, 2.24) is 9.55 Å². The van der Waals surface area contributed by atoms with Crippen molar-refractivity contribution >= 4 is 5.97 Å². The fourth-order valence-electron chi connectivity index (χ4n) is 2.14. The number of hydrogen-bond donors (Lipinski definition) is 2. The molecule has 2 heterocycles. The van der Waals surface area contributed by atoms with Crippen LogP contribution in [0.2, 0.25) is 0 Å². The smallest absolute Gasteiger partial charge is 0.335 e. The number of nitrogens with zero attached hydrogens (tertiary/aromatic N) is 1. The van der Waals surface area contributed by atoms with E-state index in [1.165, 1.54) is 25.2 Å². The topological polar surface area (TPSA) is 101 Å². The number of rotatable bonds is 1. The van der Waals surface area contributed by atoms with E-state index >= 15 is 0 Å². The van der Waals surface area contributed by atoms with Crippen LogP contribution in [0.4, 0.5) is 0 Å². The number of aromatic nitrogens is 2. The van der Waals surface area contributed by atoms with Gasteiger partial charge in [0.15, 0.2) is 0 Å². The van der Waals surface area contributed by atoms with Crippen molar-refractivity contribution in [3.63, 3.8) is 0 Å². The summed E-state index contributed by atoms with van der Waals surface area (Å²) in [7, 11) is 1.37. The Morgan fingerprint density at radius 3 is 2.85 bits per heavy atom. The first-order valence-corrected chi connectivity index (χ1v) is 5.83. The molecule has 0 amide bonds. The van der Waals surface area contributed by atoms with Crippen LogP contribution in [0.1, 0.15) is 21.5 Å². The summed E-state index contributed by atoms with van der Waals surface area (Å²) in [5.41, 5.74) is 0.0234. The minimum atomic E-state index is -1.05. The molecule has 0 atom stereocenters. The van der Waals surface area contributed by atoms with Crippen LogP contribution in [0.5, 0.6) is 11.6 Å². The van der Waals surface area contributed by atoms with Gasteiger partial charge in [-0.2, -0.15) is 0 Å². The molecule has 2 N–H and O–H groups in total. The van der Waals surface area contributed by atoms with Gasteiger partial charge in [0.25, 0.3) is 5.56 Å². The molecule has 0 saturated heterocycles. The quantitative estimate of drug-likeness (QED) is 0.671. The van der Waals surface area contributed by atoms with Crippen molar-refractivity contribution in [2.24, 2.45) is 7.05 Å². The van der Waals surface area contributed by atoms with Crippen LogP contribution in [0.15, 0.2) is 27.8 Å². The lowest BCUT2D eigenvalue weighted by Gasteiger charge is -2.19. The van der Waals surface area contributed by atoms with Gasteiger partial charge < -0.3 is 9.84 Å². The molecule has 1 aliphatic heterocycles. The molecule has 0 saturated carbocycles. The Bertz CT molecular complexity index is 847. The molecule has 2 aromatic rings. The Kier molecular flexibility index (Phi) is 2.50. The summed E-state index contributed by atoms with van der Waals surface area (Å²) in [4.78, 5) is 37.0. The molecule has 1 aromatic heterocycles. The third-order valence-corrected chi connectivity index (χ3v) is 3.25. The van der Waals surface area contributed by atoms with Gasteiger partial charge in [-0.1, -0.05) is 0 Å². The number of H-pyrrole nitrogens is 1. The largest absolute Gasteiger partial charge is 0.478 e. The average Bonchev–Trinajstić information content (AvgIpc) is 2.43. The van der Waals surface area contributed by atoms with Crippen molar-refractivity contribution in [3.05, 3.63) is 55.7 Å². The van der Waals surface area contributed by atoms with Crippen LogP contribution in [-0.4, -0.2) is 20.6 Å². The first kappa shape index (κ1) is 12.2. The molecule has 0 spiro atoms. The zero-order valence-electron chi connectivity index (χ0n) is 10.5. The molecular formula is C13H10N2O5. The molecule has 0 unspecified atom stereocenters. The Morgan fingerprint density at radius 1 is 1.40 bits per heavy atom. The average molecular weight is 274 g/mol. The lowest BCUT2D eigenvalue weighted by Crippen LogP contribution is -2.36. The number of hydrogen-bond acceptors (Lipinski definition) is 4. The van der Waals surface area contributed by atoms with Crippen molar-refractivity contribution in [3.8, 4) is 11.6 Å². The number of carboxylic acid groups (broad SMARTS) is 1. The maximum Gasteiger partial charge on any atom is 0.335 e. The number of fused-ring (bicyclic) bond motifs is 2. The second kappa shape index (κ2) is 4.09. The molecule has 1 aliphatic rings. The lowest BCUT2D eigenvalue weighted by atomic mass is 10.0. The van der Waals surface area contributed by atoms with Crippen LogP contribution in [0.25, 0.3) is 0 Å². The second-order valence-corrected chi connectivity index (χ2v) is 4.51. The van der Waals surface area contributed by atoms with E-state index in [4.69, 9.17) is 9.84 Å². The predicted molar refractivity (Wildman–Crippen MR) is 68.6 cm³/mol. The summed E-state index contributed by atoms with van der Waals surface area (Å²) in [6.07, 6.45) is 0.217. The molecule has 0 bridgehead atoms. The van der Waals surface area contributed by atoms with Crippen LogP contribution in [-0.2, 0) is 13.5 Å². The molecule has 0 fully saturated rings. The van der Waals surface area contributed by atoms with Gasteiger partial charge in [-0.25, -0.2) is 9.59 Å². The van der Waals surface area contributed by atoms with E-state index in [-0.39, 0.29) is 17.9 Å². The molecule has 3 rings (SSSR count). The van der Waals surface area contributed by atoms with E-state index in [0.29, 0.717) is 16.9 Å². The Hall–Kier alpha value is -2.83. The van der Waals surface area contributed by atoms with Gasteiger partial charge in [-0.3, -0.25) is 14.3 Å². The van der Waals surface area contributed by atoms with E-state index in [0.717, 1.165) is 4.57 Å². The lowest BCUT2D eigenvalue weighted by molar-refractivity contribution is 0.0696. The van der Waals surface area contributed by atoms with Crippen molar-refractivity contribution in [2.45, 2.75) is 6.42 Å². The summed E-state index contributed by atoms with van der Waals surface area (Å²) < 4.78 is 6.42. The fourth-order valence-corrected chi connectivity index (χ4v) is 2.14. The van der Waals surface area contributed by atoms with Gasteiger partial charge >= 0.3 is 11.7 Å². The summed E-state index contributed by atoms with van der Waals surface area (Å²) in [5, 5.41) is 8.96. The normalized spacial score (nSPS) is 12.2. The van der Waals surface area contributed by atoms with E-state index in [2.05, 4.69) is 4.98 Å². The van der Waals surface area contributed by atoms with Crippen molar-refractivity contribution in [1.29, 1.82) is 0 Å². The fraction of sp³-hybridized carbons (Fsp3) is 0.154. The van der Waals surface area contributed by atoms with E-state index in [9.17, 15) is 14.4 Å². The Balaban J connectivity index is 2.17. The van der Waals surface area contributed by atoms with Gasteiger partial charge in [0.1, 0.15) is 5.75 Å². The van der Waals surface area contributed by atoms with Gasteiger partial charge in [-0.05, 0) is 18.2 Å². The molecule has 0 aliphatic carbocycles. The molecule has 0 radical (unpaired) electrons. The first-order chi connectivity index (χ1) is 9.47. The summed E-state index contributed by atoms with van der Waals surface area (Å²) >= 11 is 0. The number of aromatic amines is 1. The molecule has 20 heavy (non-hydrogen) atoms. The summed E-state index contributed by atoms with van der Waals surface area (Å²) in [6, 6.07) is 4.38. The van der Waals surface area contributed by atoms with Gasteiger partial charge in [0.2, 0.25) is 5.88 Å². The molecular weight excluding hydrogens is 264 g/mol. The SMILES string of the molecule is Cn1c(=O)[nH]c2c(c1=O)Cc1cc(C(=O)O)ccc1O2. The zero-order valence-corrected chi connectivity index (χ0v) is 10.5. The molecule has 7 nitrogen and oxygen atoms in total. The number of carboxylic acids is 1. The standard InChI is InChI=1S/C13H10N2O5/c1-15-11(16)8-5-7-4-6(12(17)18)2-3-9(7)20-10(8)14-13(15)19/h2-4H,5H2,1H3,(H,14,19)(H,17,18).